The molecule has 0 unspecified atom stereocenters. The van der Waals surface area contributed by atoms with Crippen LogP contribution in [0.5, 0.6) is 11.8 Å². The van der Waals surface area contributed by atoms with Gasteiger partial charge in [0.1, 0.15) is 23.1 Å². The Labute approximate surface area is 200 Å². The van der Waals surface area contributed by atoms with Crippen molar-refractivity contribution in [2.75, 3.05) is 26.0 Å². The summed E-state index contributed by atoms with van der Waals surface area (Å²) in [5.41, 5.74) is -0.708. The van der Waals surface area contributed by atoms with E-state index in [9.17, 15) is 14.3 Å². The zero-order valence-electron chi connectivity index (χ0n) is 18.9. The molecule has 2 aromatic rings. The SMILES string of the molecule is CSc1nc(O)c2c(OC[C@H]3NC[C@H]4CC[C@@H]3CN4C(=O)OC(C)(C)C)nc(Cl)c(F)c2n1. The molecule has 3 fully saturated rings. The molecular formula is C21H27ClFN5O4S. The number of carbonyl (C=O) groups is 1. The third-order valence-electron chi connectivity index (χ3n) is 5.81. The van der Waals surface area contributed by atoms with Crippen LogP contribution in [0.25, 0.3) is 10.9 Å². The van der Waals surface area contributed by atoms with E-state index < -0.39 is 22.5 Å². The van der Waals surface area contributed by atoms with E-state index in [0.29, 0.717) is 13.1 Å². The van der Waals surface area contributed by atoms with Crippen molar-refractivity contribution in [1.82, 2.24) is 25.2 Å². The first-order chi connectivity index (χ1) is 15.6. The minimum absolute atomic E-state index is 0.0250. The molecule has 3 saturated heterocycles. The molecule has 9 nitrogen and oxygen atoms in total. The Balaban J connectivity index is 1.53. The van der Waals surface area contributed by atoms with Gasteiger partial charge in [0.05, 0.1) is 0 Å². The third-order valence-corrected chi connectivity index (χ3v) is 6.61. The Kier molecular flexibility index (Phi) is 6.75. The highest BCUT2D eigenvalue weighted by atomic mass is 35.5. The lowest BCUT2D eigenvalue weighted by molar-refractivity contribution is 0.00643. The van der Waals surface area contributed by atoms with Crippen LogP contribution in [-0.2, 0) is 4.74 Å². The molecule has 3 atom stereocenters. The highest BCUT2D eigenvalue weighted by Crippen LogP contribution is 2.36. The monoisotopic (exact) mass is 499 g/mol. The predicted molar refractivity (Wildman–Crippen MR) is 122 cm³/mol. The molecule has 0 spiro atoms. The largest absolute Gasteiger partial charge is 0.493 e. The van der Waals surface area contributed by atoms with E-state index in [-0.39, 0.29) is 52.6 Å². The molecule has 0 radical (unpaired) electrons. The summed E-state index contributed by atoms with van der Waals surface area (Å²) in [6.07, 6.45) is 3.19. The van der Waals surface area contributed by atoms with Gasteiger partial charge >= 0.3 is 6.09 Å². The quantitative estimate of drug-likeness (QED) is 0.370. The number of nitrogens with one attached hydrogen (secondary N) is 1. The minimum atomic E-state index is -0.841. The van der Waals surface area contributed by atoms with Crippen LogP contribution in [0.15, 0.2) is 5.16 Å². The van der Waals surface area contributed by atoms with Gasteiger partial charge in [0.15, 0.2) is 16.1 Å². The molecular weight excluding hydrogens is 473 g/mol. The molecule has 5 rings (SSSR count). The molecule has 2 bridgehead atoms. The second-order valence-electron chi connectivity index (χ2n) is 9.23. The maximum absolute atomic E-state index is 14.6. The summed E-state index contributed by atoms with van der Waals surface area (Å²) in [5, 5.41) is 13.6. The molecule has 3 aliphatic heterocycles. The topological polar surface area (TPSA) is 110 Å². The van der Waals surface area contributed by atoms with E-state index in [4.69, 9.17) is 21.1 Å². The van der Waals surface area contributed by atoms with E-state index in [1.54, 1.807) is 11.2 Å². The summed E-state index contributed by atoms with van der Waals surface area (Å²) in [4.78, 5) is 26.5. The van der Waals surface area contributed by atoms with Gasteiger partial charge in [0, 0.05) is 25.2 Å². The van der Waals surface area contributed by atoms with E-state index in [1.807, 2.05) is 20.8 Å². The number of nitrogens with zero attached hydrogens (tertiary/aromatic N) is 4. The number of fused-ring (bicyclic) bond motifs is 5. The van der Waals surface area contributed by atoms with Crippen molar-refractivity contribution < 1.29 is 23.8 Å². The molecule has 5 heterocycles. The first-order valence-corrected chi connectivity index (χ1v) is 12.3. The number of thioether (sulfide) groups is 1. The van der Waals surface area contributed by atoms with Crippen molar-refractivity contribution in [2.45, 2.75) is 56.5 Å². The second-order valence-corrected chi connectivity index (χ2v) is 10.4. The van der Waals surface area contributed by atoms with Gasteiger partial charge in [0.25, 0.3) is 0 Å². The van der Waals surface area contributed by atoms with Crippen molar-refractivity contribution in [2.24, 2.45) is 5.92 Å². The second kappa shape index (κ2) is 9.27. The van der Waals surface area contributed by atoms with Crippen LogP contribution in [0.3, 0.4) is 0 Å². The number of halogens is 2. The maximum atomic E-state index is 14.6. The van der Waals surface area contributed by atoms with Gasteiger partial charge < -0.3 is 24.8 Å². The average molecular weight is 500 g/mol. The Morgan fingerprint density at radius 2 is 2.09 bits per heavy atom. The Morgan fingerprint density at radius 3 is 2.79 bits per heavy atom. The number of pyridine rings is 1. The van der Waals surface area contributed by atoms with Gasteiger partial charge in [-0.1, -0.05) is 23.4 Å². The number of carbonyl (C=O) groups excluding carboxylic acids is 1. The average Bonchev–Trinajstić information content (AvgIpc) is 3.05. The zero-order chi connectivity index (χ0) is 23.9. The van der Waals surface area contributed by atoms with Gasteiger partial charge in [-0.25, -0.2) is 14.2 Å². The molecule has 1 amide bonds. The molecule has 33 heavy (non-hydrogen) atoms. The minimum Gasteiger partial charge on any atom is -0.493 e. The van der Waals surface area contributed by atoms with Crippen molar-refractivity contribution >= 4 is 40.4 Å². The summed E-state index contributed by atoms with van der Waals surface area (Å²) in [5.74, 6) is -1.17. The number of rotatable bonds is 4. The maximum Gasteiger partial charge on any atom is 0.410 e. The van der Waals surface area contributed by atoms with Gasteiger partial charge in [-0.15, -0.1) is 0 Å². The summed E-state index contributed by atoms with van der Waals surface area (Å²) in [6.45, 7) is 6.89. The molecule has 0 aromatic carbocycles. The van der Waals surface area contributed by atoms with Crippen LogP contribution in [0.2, 0.25) is 5.15 Å². The first kappa shape index (κ1) is 24.0. The Morgan fingerprint density at radius 1 is 1.33 bits per heavy atom. The number of hydrogen-bond acceptors (Lipinski definition) is 9. The smallest absolute Gasteiger partial charge is 0.410 e. The standard InChI is InChI=1S/C21H27ClFN5O4S/c1-21(2,3)32-20(30)28-8-10-5-6-11(28)7-24-12(10)9-31-18-13-15(14(23)16(22)26-18)25-19(33-4)27-17(13)29/h10-12,24H,5-9H2,1-4H3,(H,25,27,29)/t10-,11-,12-/m1/s1. The van der Waals surface area contributed by atoms with Crippen LogP contribution in [0.1, 0.15) is 33.6 Å². The lowest BCUT2D eigenvalue weighted by Crippen LogP contribution is -2.49. The zero-order valence-corrected chi connectivity index (χ0v) is 20.5. The summed E-state index contributed by atoms with van der Waals surface area (Å²) in [7, 11) is 0. The van der Waals surface area contributed by atoms with Crippen molar-refractivity contribution in [3.63, 3.8) is 0 Å². The number of piperidine rings is 1. The number of ether oxygens (including phenoxy) is 2. The van der Waals surface area contributed by atoms with Crippen molar-refractivity contribution in [3.05, 3.63) is 11.0 Å². The summed E-state index contributed by atoms with van der Waals surface area (Å²) < 4.78 is 26.1. The van der Waals surface area contributed by atoms with Crippen LogP contribution >= 0.6 is 23.4 Å². The Bertz CT molecular complexity index is 1070. The van der Waals surface area contributed by atoms with E-state index in [1.165, 1.54) is 0 Å². The fourth-order valence-corrected chi connectivity index (χ4v) is 4.76. The molecule has 2 N–H and O–H groups in total. The number of aromatic hydroxyl groups is 1. The van der Waals surface area contributed by atoms with Crippen LogP contribution in [0, 0.1) is 11.7 Å². The van der Waals surface area contributed by atoms with Gasteiger partial charge in [0.2, 0.25) is 11.8 Å². The van der Waals surface area contributed by atoms with Gasteiger partial charge in [-0.2, -0.15) is 9.97 Å². The molecule has 0 saturated carbocycles. The van der Waals surface area contributed by atoms with Crippen LogP contribution in [0.4, 0.5) is 9.18 Å². The van der Waals surface area contributed by atoms with E-state index >= 15 is 0 Å². The highest BCUT2D eigenvalue weighted by Gasteiger charge is 2.40. The summed E-state index contributed by atoms with van der Waals surface area (Å²) >= 11 is 7.13. The normalized spacial score (nSPS) is 23.0. The summed E-state index contributed by atoms with van der Waals surface area (Å²) in [6, 6.07) is -0.0422. The van der Waals surface area contributed by atoms with Crippen LogP contribution < -0.4 is 10.1 Å². The lowest BCUT2D eigenvalue weighted by atomic mass is 9.90. The third kappa shape index (κ3) is 5.04. The number of aromatic nitrogens is 3. The van der Waals surface area contributed by atoms with Crippen molar-refractivity contribution in [1.29, 1.82) is 0 Å². The van der Waals surface area contributed by atoms with Gasteiger partial charge in [-0.3, -0.25) is 0 Å². The fourth-order valence-electron chi connectivity index (χ4n) is 4.23. The van der Waals surface area contributed by atoms with Crippen molar-refractivity contribution in [3.8, 4) is 11.8 Å². The Hall–Kier alpha value is -2.11. The molecule has 180 valence electrons. The van der Waals surface area contributed by atoms with E-state index in [0.717, 1.165) is 24.6 Å². The van der Waals surface area contributed by atoms with Crippen LogP contribution in [-0.4, -0.2) is 74.7 Å². The number of amides is 1. The molecule has 0 aliphatic carbocycles. The molecule has 2 aromatic heterocycles. The van der Waals surface area contributed by atoms with E-state index in [2.05, 4.69) is 20.3 Å². The lowest BCUT2D eigenvalue weighted by Gasteiger charge is -2.38. The first-order valence-electron chi connectivity index (χ1n) is 10.7. The highest BCUT2D eigenvalue weighted by molar-refractivity contribution is 7.98. The molecule has 3 aliphatic rings. The fraction of sp³-hybridized carbons (Fsp3) is 0.619. The number of hydrogen-bond donors (Lipinski definition) is 2. The molecule has 12 heteroatoms. The van der Waals surface area contributed by atoms with Gasteiger partial charge in [-0.05, 0) is 45.8 Å². The predicted octanol–water partition coefficient (Wildman–Crippen LogP) is 3.61.